The number of benzene rings is 3. The number of ether oxygens (including phenoxy) is 1. The maximum atomic E-state index is 12.5. The standard InChI is InChI=1S/C29H30N4O4/c1-19-6-4-8-24(14-19)31-29(35)32-25-9-5-7-23(15-25)17-30-28(34)16-22-10-12-26(13-11-22)36-18-27-20(2)33-37-21(27)3/h4-15H,16-18H2,1-3H3,(H,30,34)(H2,31,32,35). The Labute approximate surface area is 216 Å². The summed E-state index contributed by atoms with van der Waals surface area (Å²) in [6.45, 7) is 6.44. The van der Waals surface area contributed by atoms with Crippen LogP contribution in [-0.2, 0) is 24.4 Å². The Morgan fingerprint density at radius 2 is 1.57 bits per heavy atom. The van der Waals surface area contributed by atoms with Gasteiger partial charge in [0.25, 0.3) is 0 Å². The van der Waals surface area contributed by atoms with Crippen LogP contribution in [0.4, 0.5) is 16.2 Å². The maximum absolute atomic E-state index is 12.5. The van der Waals surface area contributed by atoms with Gasteiger partial charge in [-0.3, -0.25) is 4.79 Å². The second-order valence-corrected chi connectivity index (χ2v) is 8.84. The number of rotatable bonds is 9. The van der Waals surface area contributed by atoms with Gasteiger partial charge in [-0.2, -0.15) is 0 Å². The third-order valence-corrected chi connectivity index (χ3v) is 5.80. The normalized spacial score (nSPS) is 10.6. The first-order chi connectivity index (χ1) is 17.9. The van der Waals surface area contributed by atoms with Crippen LogP contribution in [0.15, 0.2) is 77.3 Å². The second kappa shape index (κ2) is 11.9. The van der Waals surface area contributed by atoms with Crippen LogP contribution < -0.4 is 20.7 Å². The third-order valence-electron chi connectivity index (χ3n) is 5.80. The van der Waals surface area contributed by atoms with Gasteiger partial charge in [0, 0.05) is 17.9 Å². The van der Waals surface area contributed by atoms with Crippen LogP contribution in [0.1, 0.15) is 33.7 Å². The van der Waals surface area contributed by atoms with E-state index in [1.807, 2.05) is 87.5 Å². The summed E-state index contributed by atoms with van der Waals surface area (Å²) in [4.78, 5) is 24.8. The highest BCUT2D eigenvalue weighted by molar-refractivity contribution is 5.99. The molecule has 0 aliphatic heterocycles. The van der Waals surface area contributed by atoms with E-state index in [9.17, 15) is 9.59 Å². The summed E-state index contributed by atoms with van der Waals surface area (Å²) in [6, 6.07) is 22.1. The fraction of sp³-hybridized carbons (Fsp3) is 0.207. The number of carbonyl (C=O) groups is 2. The van der Waals surface area contributed by atoms with Gasteiger partial charge in [0.15, 0.2) is 0 Å². The van der Waals surface area contributed by atoms with Gasteiger partial charge in [-0.05, 0) is 73.9 Å². The fourth-order valence-corrected chi connectivity index (χ4v) is 3.79. The number of amides is 3. The summed E-state index contributed by atoms with van der Waals surface area (Å²) in [7, 11) is 0. The third kappa shape index (κ3) is 7.44. The zero-order valence-electron chi connectivity index (χ0n) is 21.1. The number of aromatic nitrogens is 1. The Balaban J connectivity index is 1.23. The molecule has 0 spiro atoms. The lowest BCUT2D eigenvalue weighted by atomic mass is 10.1. The minimum atomic E-state index is -0.328. The van der Waals surface area contributed by atoms with Crippen LogP contribution in [0.5, 0.6) is 5.75 Å². The van der Waals surface area contributed by atoms with Gasteiger partial charge >= 0.3 is 6.03 Å². The lowest BCUT2D eigenvalue weighted by Gasteiger charge is -2.10. The van der Waals surface area contributed by atoms with E-state index < -0.39 is 0 Å². The monoisotopic (exact) mass is 498 g/mol. The number of hydrogen-bond donors (Lipinski definition) is 3. The molecule has 0 bridgehead atoms. The predicted octanol–water partition coefficient (Wildman–Crippen LogP) is 5.68. The van der Waals surface area contributed by atoms with Gasteiger partial charge < -0.3 is 25.2 Å². The highest BCUT2D eigenvalue weighted by Crippen LogP contribution is 2.18. The fourth-order valence-electron chi connectivity index (χ4n) is 3.79. The van der Waals surface area contributed by atoms with E-state index in [1.54, 1.807) is 6.07 Å². The van der Waals surface area contributed by atoms with E-state index >= 15 is 0 Å². The zero-order valence-corrected chi connectivity index (χ0v) is 21.1. The van der Waals surface area contributed by atoms with Gasteiger partial charge in [-0.1, -0.05) is 41.6 Å². The molecule has 0 saturated carbocycles. The van der Waals surface area contributed by atoms with E-state index in [1.165, 1.54) is 0 Å². The lowest BCUT2D eigenvalue weighted by Crippen LogP contribution is -2.24. The highest BCUT2D eigenvalue weighted by atomic mass is 16.5. The van der Waals surface area contributed by atoms with Crippen molar-refractivity contribution < 1.29 is 18.8 Å². The molecule has 3 amide bonds. The number of urea groups is 1. The van der Waals surface area contributed by atoms with Crippen molar-refractivity contribution in [2.45, 2.75) is 40.3 Å². The van der Waals surface area contributed by atoms with Crippen LogP contribution in [0.2, 0.25) is 0 Å². The first-order valence-corrected chi connectivity index (χ1v) is 12.0. The van der Waals surface area contributed by atoms with Crippen LogP contribution in [0, 0.1) is 20.8 Å². The molecule has 0 aliphatic rings. The molecule has 37 heavy (non-hydrogen) atoms. The molecule has 0 radical (unpaired) electrons. The van der Waals surface area contributed by atoms with Crippen molar-refractivity contribution >= 4 is 23.3 Å². The van der Waals surface area contributed by atoms with Crippen LogP contribution in [-0.4, -0.2) is 17.1 Å². The van der Waals surface area contributed by atoms with Crippen LogP contribution >= 0.6 is 0 Å². The average Bonchev–Trinajstić information content (AvgIpc) is 3.19. The highest BCUT2D eigenvalue weighted by Gasteiger charge is 2.10. The van der Waals surface area contributed by atoms with Crippen molar-refractivity contribution in [3.05, 3.63) is 107 Å². The van der Waals surface area contributed by atoms with E-state index in [0.29, 0.717) is 24.6 Å². The van der Waals surface area contributed by atoms with E-state index in [0.717, 1.165) is 39.4 Å². The SMILES string of the molecule is Cc1cccc(NC(=O)Nc2cccc(CNC(=O)Cc3ccc(OCc4c(C)noc4C)cc3)c2)c1. The Kier molecular flexibility index (Phi) is 8.20. The van der Waals surface area contributed by atoms with Crippen molar-refractivity contribution in [1.82, 2.24) is 10.5 Å². The average molecular weight is 499 g/mol. The number of carbonyl (C=O) groups excluding carboxylic acids is 2. The minimum absolute atomic E-state index is 0.0973. The lowest BCUT2D eigenvalue weighted by molar-refractivity contribution is -0.120. The second-order valence-electron chi connectivity index (χ2n) is 8.84. The quantitative estimate of drug-likeness (QED) is 0.275. The van der Waals surface area contributed by atoms with Gasteiger partial charge in [0.05, 0.1) is 17.7 Å². The molecule has 0 fully saturated rings. The van der Waals surface area contributed by atoms with Gasteiger partial charge in [0.1, 0.15) is 18.1 Å². The molecule has 1 heterocycles. The number of hydrogen-bond acceptors (Lipinski definition) is 5. The number of aryl methyl sites for hydroxylation is 3. The Morgan fingerprint density at radius 1 is 0.865 bits per heavy atom. The summed E-state index contributed by atoms with van der Waals surface area (Å²) in [6.07, 6.45) is 0.251. The summed E-state index contributed by atoms with van der Waals surface area (Å²) >= 11 is 0. The molecule has 3 N–H and O–H groups in total. The largest absolute Gasteiger partial charge is 0.489 e. The molecule has 190 valence electrons. The molecular weight excluding hydrogens is 468 g/mol. The van der Waals surface area contributed by atoms with Gasteiger partial charge in [-0.15, -0.1) is 0 Å². The molecule has 4 aromatic rings. The van der Waals surface area contributed by atoms with Gasteiger partial charge in [0.2, 0.25) is 5.91 Å². The van der Waals surface area contributed by atoms with Crippen molar-refractivity contribution in [1.29, 1.82) is 0 Å². The molecule has 4 rings (SSSR count). The van der Waals surface area contributed by atoms with Crippen molar-refractivity contribution in [2.24, 2.45) is 0 Å². The number of nitrogens with zero attached hydrogens (tertiary/aromatic N) is 1. The van der Waals surface area contributed by atoms with E-state index in [2.05, 4.69) is 21.1 Å². The number of nitrogens with one attached hydrogen (secondary N) is 3. The molecule has 0 unspecified atom stereocenters. The molecule has 8 nitrogen and oxygen atoms in total. The molecule has 1 aromatic heterocycles. The summed E-state index contributed by atoms with van der Waals surface area (Å²) in [5.74, 6) is 1.36. The van der Waals surface area contributed by atoms with Crippen molar-refractivity contribution in [2.75, 3.05) is 10.6 Å². The summed E-state index contributed by atoms with van der Waals surface area (Å²) in [5, 5.41) is 12.5. The van der Waals surface area contributed by atoms with Crippen molar-refractivity contribution in [3.63, 3.8) is 0 Å². The Bertz CT molecular complexity index is 1360. The van der Waals surface area contributed by atoms with E-state index in [4.69, 9.17) is 9.26 Å². The molecule has 8 heteroatoms. The minimum Gasteiger partial charge on any atom is -0.489 e. The Hall–Kier alpha value is -4.59. The first-order valence-electron chi connectivity index (χ1n) is 12.0. The summed E-state index contributed by atoms with van der Waals surface area (Å²) in [5.41, 5.74) is 5.95. The van der Waals surface area contributed by atoms with Crippen LogP contribution in [0.3, 0.4) is 0 Å². The molecular formula is C29H30N4O4. The first kappa shape index (κ1) is 25.5. The predicted molar refractivity (Wildman–Crippen MR) is 143 cm³/mol. The smallest absolute Gasteiger partial charge is 0.323 e. The zero-order chi connectivity index (χ0) is 26.2. The molecule has 0 saturated heterocycles. The number of anilines is 2. The van der Waals surface area contributed by atoms with E-state index in [-0.39, 0.29) is 18.4 Å². The maximum Gasteiger partial charge on any atom is 0.323 e. The van der Waals surface area contributed by atoms with Crippen LogP contribution in [0.25, 0.3) is 0 Å². The summed E-state index contributed by atoms with van der Waals surface area (Å²) < 4.78 is 11.0. The van der Waals surface area contributed by atoms with Gasteiger partial charge in [-0.25, -0.2) is 4.79 Å². The molecule has 0 aliphatic carbocycles. The Morgan fingerprint density at radius 3 is 2.24 bits per heavy atom. The molecule has 0 atom stereocenters. The topological polar surface area (TPSA) is 105 Å². The molecule has 3 aromatic carbocycles. The van der Waals surface area contributed by atoms with Crippen molar-refractivity contribution in [3.8, 4) is 5.75 Å².